The number of hydrogen-bond acceptors (Lipinski definition) is 4. The van der Waals surface area contributed by atoms with E-state index in [2.05, 4.69) is 40.4 Å². The smallest absolute Gasteiger partial charge is 0.245 e. The zero-order valence-corrected chi connectivity index (χ0v) is 12.8. The lowest BCUT2D eigenvalue weighted by molar-refractivity contribution is -0.126. The minimum Gasteiger partial charge on any atom is -0.352 e. The van der Waals surface area contributed by atoms with Gasteiger partial charge in [0.25, 0.3) is 0 Å². The first-order valence-electron chi connectivity index (χ1n) is 7.19. The lowest BCUT2D eigenvalue weighted by Gasteiger charge is -2.42. The number of piperazine rings is 1. The fraction of sp³-hybridized carbons (Fsp3) is 0.600. The zero-order valence-electron chi connectivity index (χ0n) is 12.8. The Balaban J connectivity index is 2.26. The van der Waals surface area contributed by atoms with Gasteiger partial charge in [0.15, 0.2) is 0 Å². The SMILES string of the molecule is CCNCc1cnc(N2CCNC(=O)C2(C)C)c(C)c1. The van der Waals surface area contributed by atoms with E-state index in [1.54, 1.807) is 0 Å². The Hall–Kier alpha value is -1.62. The van der Waals surface area contributed by atoms with Gasteiger partial charge in [-0.15, -0.1) is 0 Å². The number of anilines is 1. The van der Waals surface area contributed by atoms with Gasteiger partial charge >= 0.3 is 0 Å². The third-order valence-corrected chi connectivity index (χ3v) is 3.79. The summed E-state index contributed by atoms with van der Waals surface area (Å²) in [4.78, 5) is 18.7. The highest BCUT2D eigenvalue weighted by Gasteiger charge is 2.38. The summed E-state index contributed by atoms with van der Waals surface area (Å²) < 4.78 is 0. The van der Waals surface area contributed by atoms with Gasteiger partial charge in [0.1, 0.15) is 11.4 Å². The van der Waals surface area contributed by atoms with Crippen LogP contribution in [0.1, 0.15) is 31.9 Å². The van der Waals surface area contributed by atoms with Crippen molar-refractivity contribution in [2.75, 3.05) is 24.5 Å². The fourth-order valence-corrected chi connectivity index (χ4v) is 2.54. The molecule has 0 aromatic carbocycles. The molecule has 0 atom stereocenters. The molecule has 1 fully saturated rings. The summed E-state index contributed by atoms with van der Waals surface area (Å²) in [5, 5.41) is 6.21. The molecule has 2 N–H and O–H groups in total. The topological polar surface area (TPSA) is 57.3 Å². The Morgan fingerprint density at radius 3 is 2.90 bits per heavy atom. The van der Waals surface area contributed by atoms with Gasteiger partial charge in [-0.1, -0.05) is 6.92 Å². The van der Waals surface area contributed by atoms with E-state index in [0.29, 0.717) is 6.54 Å². The summed E-state index contributed by atoms with van der Waals surface area (Å²) in [6, 6.07) is 2.15. The molecule has 1 amide bonds. The van der Waals surface area contributed by atoms with E-state index in [1.807, 2.05) is 20.0 Å². The normalized spacial score (nSPS) is 18.0. The van der Waals surface area contributed by atoms with Gasteiger partial charge in [-0.2, -0.15) is 0 Å². The molecule has 5 nitrogen and oxygen atoms in total. The lowest BCUT2D eigenvalue weighted by Crippen LogP contribution is -2.62. The molecule has 1 aliphatic rings. The molecule has 1 aliphatic heterocycles. The van der Waals surface area contributed by atoms with Crippen LogP contribution in [0, 0.1) is 6.92 Å². The van der Waals surface area contributed by atoms with Gasteiger partial charge < -0.3 is 15.5 Å². The standard InChI is InChI=1S/C15H24N4O/c1-5-16-9-12-8-11(2)13(18-10-12)19-7-6-17-14(20)15(19,3)4/h8,10,16H,5-7,9H2,1-4H3,(H,17,20). The van der Waals surface area contributed by atoms with Gasteiger partial charge in [0.2, 0.25) is 5.91 Å². The van der Waals surface area contributed by atoms with Crippen LogP contribution >= 0.6 is 0 Å². The average molecular weight is 276 g/mol. The Morgan fingerprint density at radius 1 is 1.50 bits per heavy atom. The maximum atomic E-state index is 12.0. The van der Waals surface area contributed by atoms with Crippen molar-refractivity contribution in [1.82, 2.24) is 15.6 Å². The van der Waals surface area contributed by atoms with Crippen LogP contribution < -0.4 is 15.5 Å². The van der Waals surface area contributed by atoms with Crippen LogP contribution in [0.5, 0.6) is 0 Å². The van der Waals surface area contributed by atoms with Crippen LogP contribution in [-0.4, -0.2) is 36.1 Å². The third kappa shape index (κ3) is 2.77. The molecule has 0 aliphatic carbocycles. The number of nitrogens with one attached hydrogen (secondary N) is 2. The van der Waals surface area contributed by atoms with Crippen LogP contribution in [0.2, 0.25) is 0 Å². The molecular weight excluding hydrogens is 252 g/mol. The van der Waals surface area contributed by atoms with Crippen molar-refractivity contribution in [2.45, 2.75) is 39.8 Å². The van der Waals surface area contributed by atoms with E-state index >= 15 is 0 Å². The highest BCUT2D eigenvalue weighted by atomic mass is 16.2. The van der Waals surface area contributed by atoms with Crippen LogP contribution in [0.3, 0.4) is 0 Å². The van der Waals surface area contributed by atoms with Crippen LogP contribution in [0.15, 0.2) is 12.3 Å². The Bertz CT molecular complexity index is 499. The largest absolute Gasteiger partial charge is 0.352 e. The summed E-state index contributed by atoms with van der Waals surface area (Å²) in [5.74, 6) is 0.965. The summed E-state index contributed by atoms with van der Waals surface area (Å²) in [7, 11) is 0. The van der Waals surface area contributed by atoms with E-state index in [9.17, 15) is 4.79 Å². The quantitative estimate of drug-likeness (QED) is 0.868. The second-order valence-electron chi connectivity index (χ2n) is 5.73. The maximum Gasteiger partial charge on any atom is 0.245 e. The minimum atomic E-state index is -0.556. The number of amides is 1. The van der Waals surface area contributed by atoms with Crippen molar-refractivity contribution in [3.05, 3.63) is 23.4 Å². The highest BCUT2D eigenvalue weighted by Crippen LogP contribution is 2.27. The predicted molar refractivity (Wildman–Crippen MR) is 80.8 cm³/mol. The maximum absolute atomic E-state index is 12.0. The number of aryl methyl sites for hydroxylation is 1. The number of rotatable bonds is 4. The zero-order chi connectivity index (χ0) is 14.8. The van der Waals surface area contributed by atoms with Crippen molar-refractivity contribution in [1.29, 1.82) is 0 Å². The van der Waals surface area contributed by atoms with Crippen molar-refractivity contribution < 1.29 is 4.79 Å². The van der Waals surface area contributed by atoms with Crippen molar-refractivity contribution in [2.24, 2.45) is 0 Å². The Labute approximate surface area is 120 Å². The first kappa shape index (κ1) is 14.8. The molecule has 20 heavy (non-hydrogen) atoms. The summed E-state index contributed by atoms with van der Waals surface area (Å²) in [6.45, 7) is 11.3. The molecule has 0 bridgehead atoms. The summed E-state index contributed by atoms with van der Waals surface area (Å²) >= 11 is 0. The molecule has 5 heteroatoms. The molecule has 2 rings (SSSR count). The van der Waals surface area contributed by atoms with Crippen molar-refractivity contribution in [3.8, 4) is 0 Å². The Morgan fingerprint density at radius 2 is 2.25 bits per heavy atom. The van der Waals surface area contributed by atoms with E-state index in [1.165, 1.54) is 5.56 Å². The van der Waals surface area contributed by atoms with E-state index in [-0.39, 0.29) is 5.91 Å². The highest BCUT2D eigenvalue weighted by molar-refractivity contribution is 5.90. The second kappa shape index (κ2) is 5.79. The summed E-state index contributed by atoms with van der Waals surface area (Å²) in [5.41, 5.74) is 1.73. The number of hydrogen-bond donors (Lipinski definition) is 2. The number of carbonyl (C=O) groups is 1. The first-order valence-corrected chi connectivity index (χ1v) is 7.19. The molecule has 1 saturated heterocycles. The minimum absolute atomic E-state index is 0.0571. The number of pyridine rings is 1. The molecule has 1 aromatic rings. The fourth-order valence-electron chi connectivity index (χ4n) is 2.54. The molecule has 2 heterocycles. The molecular formula is C15H24N4O. The predicted octanol–water partition coefficient (Wildman–Crippen LogP) is 1.21. The molecule has 0 saturated carbocycles. The van der Waals surface area contributed by atoms with E-state index in [4.69, 9.17) is 0 Å². The molecule has 0 radical (unpaired) electrons. The van der Waals surface area contributed by atoms with Crippen molar-refractivity contribution >= 4 is 11.7 Å². The van der Waals surface area contributed by atoms with Gasteiger partial charge in [-0.3, -0.25) is 4.79 Å². The molecule has 0 unspecified atom stereocenters. The lowest BCUT2D eigenvalue weighted by atomic mass is 9.98. The van der Waals surface area contributed by atoms with Crippen LogP contribution in [0.4, 0.5) is 5.82 Å². The van der Waals surface area contributed by atoms with Gasteiger partial charge in [-0.25, -0.2) is 4.98 Å². The van der Waals surface area contributed by atoms with Crippen LogP contribution in [0.25, 0.3) is 0 Å². The van der Waals surface area contributed by atoms with Gasteiger partial charge in [0, 0.05) is 25.8 Å². The molecule has 1 aromatic heterocycles. The second-order valence-corrected chi connectivity index (χ2v) is 5.73. The Kier molecular flexibility index (Phi) is 4.28. The van der Waals surface area contributed by atoms with Gasteiger partial charge in [-0.05, 0) is 44.5 Å². The number of carbonyl (C=O) groups excluding carboxylic acids is 1. The first-order chi connectivity index (χ1) is 9.46. The van der Waals surface area contributed by atoms with E-state index in [0.717, 1.165) is 31.0 Å². The van der Waals surface area contributed by atoms with Gasteiger partial charge in [0.05, 0.1) is 0 Å². The molecule has 0 spiro atoms. The number of aromatic nitrogens is 1. The third-order valence-electron chi connectivity index (χ3n) is 3.79. The number of nitrogens with zero attached hydrogens (tertiary/aromatic N) is 2. The van der Waals surface area contributed by atoms with Crippen LogP contribution in [-0.2, 0) is 11.3 Å². The van der Waals surface area contributed by atoms with E-state index < -0.39 is 5.54 Å². The average Bonchev–Trinajstić information content (AvgIpc) is 2.40. The molecule has 110 valence electrons. The van der Waals surface area contributed by atoms with Crippen molar-refractivity contribution in [3.63, 3.8) is 0 Å². The monoisotopic (exact) mass is 276 g/mol. The summed E-state index contributed by atoms with van der Waals surface area (Å²) in [6.07, 6.45) is 1.90.